The molecule has 0 atom stereocenters. The smallest absolute Gasteiger partial charge is 0.276 e. The highest BCUT2D eigenvalue weighted by molar-refractivity contribution is 7.99. The van der Waals surface area contributed by atoms with Gasteiger partial charge >= 0.3 is 0 Å². The first-order chi connectivity index (χ1) is 15.1. The van der Waals surface area contributed by atoms with Crippen LogP contribution < -0.4 is 15.8 Å². The maximum absolute atomic E-state index is 13.4. The Morgan fingerprint density at radius 1 is 1.38 bits per heavy atom. The number of nitrogens with zero attached hydrogens (tertiary/aromatic N) is 3. The quantitative estimate of drug-likeness (QED) is 0.173. The van der Waals surface area contributed by atoms with Gasteiger partial charge in [-0.2, -0.15) is 12.7 Å². The van der Waals surface area contributed by atoms with Crippen LogP contribution in [0.2, 0.25) is 0 Å². The van der Waals surface area contributed by atoms with Crippen molar-refractivity contribution in [3.8, 4) is 0 Å². The van der Waals surface area contributed by atoms with Gasteiger partial charge in [0.1, 0.15) is 5.82 Å². The highest BCUT2D eigenvalue weighted by Gasteiger charge is 2.38. The van der Waals surface area contributed by atoms with Crippen LogP contribution in [0.25, 0.3) is 0 Å². The number of benzene rings is 1. The third-order valence-electron chi connectivity index (χ3n) is 4.41. The van der Waals surface area contributed by atoms with Gasteiger partial charge < -0.3 is 10.6 Å². The lowest BCUT2D eigenvalue weighted by Gasteiger charge is -2.35. The third kappa shape index (κ3) is 5.76. The molecule has 0 aliphatic carbocycles. The first-order valence-electron chi connectivity index (χ1n) is 9.00. The number of amides is 1. The number of rotatable bonds is 9. The van der Waals surface area contributed by atoms with Crippen LogP contribution in [0.1, 0.15) is 17.7 Å². The molecule has 174 valence electrons. The van der Waals surface area contributed by atoms with Crippen LogP contribution in [0.15, 0.2) is 27.9 Å². The van der Waals surface area contributed by atoms with Gasteiger partial charge in [0.15, 0.2) is 16.6 Å². The fourth-order valence-electron chi connectivity index (χ4n) is 2.70. The number of thioether (sulfide) groups is 1. The van der Waals surface area contributed by atoms with Gasteiger partial charge in [-0.15, -0.1) is 0 Å². The minimum absolute atomic E-state index is 0.00651. The Morgan fingerprint density at radius 3 is 2.75 bits per heavy atom. The number of hydrogen-bond donors (Lipinski definition) is 4. The molecule has 0 spiro atoms. The molecule has 1 fully saturated rings. The number of alkyl halides is 2. The molecule has 3 rings (SSSR count). The Labute approximate surface area is 184 Å². The lowest BCUT2D eigenvalue weighted by Crippen LogP contribution is -2.57. The third-order valence-corrected chi connectivity index (χ3v) is 6.38. The standard InChI is InChI=1S/C16H18F3N7O4S2/c17-11-2-1-9(5-10(11)13(18)19)23-14(20)12-16(25-30-24-12)31-4-3-22-15(27)8-6-26(7-8)32(21,28)29/h1-2,5,8,13H,3-4,6-7H2,(H2,20,23)(H,22,27)(H2,21,28,29). The Balaban J connectivity index is 1.48. The van der Waals surface area contributed by atoms with E-state index in [1.54, 1.807) is 0 Å². The largest absolute Gasteiger partial charge is 0.355 e. The molecule has 1 aromatic heterocycles. The number of hydrogen-bond acceptors (Lipinski definition) is 8. The molecule has 32 heavy (non-hydrogen) atoms. The number of carbonyl (C=O) groups excluding carboxylic acids is 1. The fourth-order valence-corrected chi connectivity index (χ4v) is 4.23. The molecule has 11 nitrogen and oxygen atoms in total. The number of nitrogens with two attached hydrogens (primary N) is 1. The van der Waals surface area contributed by atoms with Crippen molar-refractivity contribution in [1.82, 2.24) is 19.9 Å². The number of nitrogens with one attached hydrogen (secondary N) is 3. The molecule has 0 unspecified atom stereocenters. The fraction of sp³-hybridized carbons (Fsp3) is 0.375. The molecule has 1 aromatic carbocycles. The summed E-state index contributed by atoms with van der Waals surface area (Å²) in [6, 6.07) is 2.95. The van der Waals surface area contributed by atoms with Crippen molar-refractivity contribution in [3.63, 3.8) is 0 Å². The van der Waals surface area contributed by atoms with Crippen molar-refractivity contribution in [1.29, 1.82) is 5.41 Å². The van der Waals surface area contributed by atoms with Crippen LogP contribution in [0.4, 0.5) is 18.9 Å². The van der Waals surface area contributed by atoms with Crippen molar-refractivity contribution in [3.05, 3.63) is 35.3 Å². The van der Waals surface area contributed by atoms with Crippen molar-refractivity contribution in [2.24, 2.45) is 11.1 Å². The molecular weight excluding hydrogens is 475 g/mol. The summed E-state index contributed by atoms with van der Waals surface area (Å²) in [4.78, 5) is 12.0. The molecule has 1 aliphatic rings. The van der Waals surface area contributed by atoms with Crippen molar-refractivity contribution in [2.75, 3.05) is 30.7 Å². The SMILES string of the molecule is N=C(Nc1ccc(F)c(C(F)F)c1)c1nonc1SCCNC(=O)C1CN(S(N)(=O)=O)C1. The predicted molar refractivity (Wildman–Crippen MR) is 108 cm³/mol. The van der Waals surface area contributed by atoms with Crippen LogP contribution >= 0.6 is 11.8 Å². The summed E-state index contributed by atoms with van der Waals surface area (Å²) >= 11 is 1.12. The van der Waals surface area contributed by atoms with Gasteiger partial charge in [-0.3, -0.25) is 10.2 Å². The molecule has 2 heterocycles. The number of carbonyl (C=O) groups is 1. The van der Waals surface area contributed by atoms with Gasteiger partial charge in [0, 0.05) is 31.1 Å². The van der Waals surface area contributed by atoms with E-state index in [0.717, 1.165) is 28.2 Å². The monoisotopic (exact) mass is 493 g/mol. The summed E-state index contributed by atoms with van der Waals surface area (Å²) in [7, 11) is -3.79. The second kappa shape index (κ2) is 9.85. The average molecular weight is 493 g/mol. The second-order valence-corrected chi connectivity index (χ2v) is 9.28. The van der Waals surface area contributed by atoms with E-state index >= 15 is 0 Å². The van der Waals surface area contributed by atoms with Crippen molar-refractivity contribution in [2.45, 2.75) is 11.5 Å². The lowest BCUT2D eigenvalue weighted by molar-refractivity contribution is -0.128. The molecule has 16 heteroatoms. The molecule has 5 N–H and O–H groups in total. The minimum Gasteiger partial charge on any atom is -0.355 e. The topological polar surface area (TPSA) is 167 Å². The van der Waals surface area contributed by atoms with E-state index in [2.05, 4.69) is 25.6 Å². The number of anilines is 1. The van der Waals surface area contributed by atoms with E-state index in [1.807, 2.05) is 0 Å². The zero-order valence-corrected chi connectivity index (χ0v) is 17.9. The molecule has 1 aliphatic heterocycles. The Hall–Kier alpha value is -2.69. The Bertz CT molecular complexity index is 1110. The highest BCUT2D eigenvalue weighted by Crippen LogP contribution is 2.26. The highest BCUT2D eigenvalue weighted by atomic mass is 32.2. The maximum Gasteiger partial charge on any atom is 0.276 e. The van der Waals surface area contributed by atoms with Gasteiger partial charge in [-0.05, 0) is 28.5 Å². The summed E-state index contributed by atoms with van der Waals surface area (Å²) in [5.41, 5.74) is -0.732. The number of halogens is 3. The van der Waals surface area contributed by atoms with E-state index in [0.29, 0.717) is 5.75 Å². The van der Waals surface area contributed by atoms with E-state index in [4.69, 9.17) is 10.5 Å². The number of aromatic nitrogens is 2. The average Bonchev–Trinajstić information content (AvgIpc) is 3.13. The maximum atomic E-state index is 13.4. The van der Waals surface area contributed by atoms with Crippen molar-refractivity contribution < 1.29 is 31.0 Å². The zero-order chi connectivity index (χ0) is 23.5. The summed E-state index contributed by atoms with van der Waals surface area (Å²) in [6.07, 6.45) is -3.01. The van der Waals surface area contributed by atoms with Gasteiger partial charge in [0.25, 0.3) is 16.6 Å². The molecule has 1 amide bonds. The molecule has 0 saturated carbocycles. The van der Waals surface area contributed by atoms with Gasteiger partial charge in [0.05, 0.1) is 11.5 Å². The van der Waals surface area contributed by atoms with Gasteiger partial charge in [-0.1, -0.05) is 11.8 Å². The van der Waals surface area contributed by atoms with E-state index in [1.165, 1.54) is 6.07 Å². The molecule has 0 bridgehead atoms. The van der Waals surface area contributed by atoms with Crippen LogP contribution in [0.3, 0.4) is 0 Å². The van der Waals surface area contributed by atoms with E-state index in [-0.39, 0.29) is 47.8 Å². The molecular formula is C16H18F3N7O4S2. The summed E-state index contributed by atoms with van der Waals surface area (Å²) in [5.74, 6) is -1.82. The van der Waals surface area contributed by atoms with Crippen LogP contribution in [-0.2, 0) is 15.0 Å². The van der Waals surface area contributed by atoms with Crippen molar-refractivity contribution >= 4 is 39.4 Å². The Kier molecular flexibility index (Phi) is 7.37. The normalized spacial score (nSPS) is 14.9. The van der Waals surface area contributed by atoms with Gasteiger partial charge in [-0.25, -0.2) is 22.9 Å². The predicted octanol–water partition coefficient (Wildman–Crippen LogP) is 0.927. The number of amidine groups is 1. The van der Waals surface area contributed by atoms with Gasteiger partial charge in [0.2, 0.25) is 5.91 Å². The minimum atomic E-state index is -3.79. The van der Waals surface area contributed by atoms with Crippen LogP contribution in [0.5, 0.6) is 0 Å². The molecule has 0 radical (unpaired) electrons. The van der Waals surface area contributed by atoms with E-state index < -0.39 is 33.9 Å². The summed E-state index contributed by atoms with van der Waals surface area (Å²) in [5, 5.41) is 25.7. The summed E-state index contributed by atoms with van der Waals surface area (Å²) in [6.45, 7) is 0.265. The first-order valence-corrected chi connectivity index (χ1v) is 11.5. The zero-order valence-electron chi connectivity index (χ0n) is 16.2. The Morgan fingerprint density at radius 2 is 2.09 bits per heavy atom. The lowest BCUT2D eigenvalue weighted by atomic mass is 10.0. The molecule has 2 aromatic rings. The second-order valence-electron chi connectivity index (χ2n) is 6.65. The summed E-state index contributed by atoms with van der Waals surface area (Å²) < 4.78 is 66.9. The van der Waals surface area contributed by atoms with E-state index in [9.17, 15) is 26.4 Å². The van der Waals surface area contributed by atoms with Crippen LogP contribution in [0, 0.1) is 17.1 Å². The molecule has 1 saturated heterocycles. The van der Waals surface area contributed by atoms with Crippen LogP contribution in [-0.4, -0.2) is 60.2 Å². The first kappa shape index (κ1) is 24.0.